The van der Waals surface area contributed by atoms with Crippen LogP contribution in [0.25, 0.3) is 0 Å². The molecule has 4 nitrogen and oxygen atoms in total. The monoisotopic (exact) mass is 348 g/mol. The third-order valence-corrected chi connectivity index (χ3v) is 6.01. The van der Waals surface area contributed by atoms with Gasteiger partial charge in [0.05, 0.1) is 32.0 Å². The Labute approximate surface area is 152 Å². The van der Waals surface area contributed by atoms with Crippen molar-refractivity contribution in [3.63, 3.8) is 0 Å². The highest BCUT2D eigenvalue weighted by Crippen LogP contribution is 2.41. The van der Waals surface area contributed by atoms with Gasteiger partial charge < -0.3 is 19.5 Å². The standard InChI is InChI=1S/C21H33NO3/c1-2-25-20-10-8-19(9-11-20)21(23,18-6-4-3-5-7-18)12-13-22-14-16-24-17-15-22/h8-11,18,23H,2-7,12-17H2,1H3/p+1/t21-/m1/s1. The molecule has 140 valence electrons. The lowest BCUT2D eigenvalue weighted by molar-refractivity contribution is -0.909. The highest BCUT2D eigenvalue weighted by molar-refractivity contribution is 5.31. The van der Waals surface area contributed by atoms with Crippen LogP contribution in [0.3, 0.4) is 0 Å². The number of ether oxygens (including phenoxy) is 2. The zero-order chi connectivity index (χ0) is 17.5. The normalized spacial score (nSPS) is 22.5. The average Bonchev–Trinajstić information content (AvgIpc) is 2.68. The smallest absolute Gasteiger partial charge is 0.119 e. The Hall–Kier alpha value is -1.10. The van der Waals surface area contributed by atoms with Gasteiger partial charge in [-0.1, -0.05) is 31.4 Å². The summed E-state index contributed by atoms with van der Waals surface area (Å²) in [7, 11) is 0. The highest BCUT2D eigenvalue weighted by Gasteiger charge is 2.39. The molecule has 0 radical (unpaired) electrons. The van der Waals surface area contributed by atoms with E-state index in [1.54, 1.807) is 4.90 Å². The SMILES string of the molecule is CCOc1ccc([C@@](O)(CC[NH+]2CCOCC2)C2CCCCC2)cc1. The summed E-state index contributed by atoms with van der Waals surface area (Å²) in [5.41, 5.74) is 0.353. The van der Waals surface area contributed by atoms with E-state index < -0.39 is 5.60 Å². The van der Waals surface area contributed by atoms with Gasteiger partial charge in [0.25, 0.3) is 0 Å². The lowest BCUT2D eigenvalue weighted by Gasteiger charge is -2.40. The van der Waals surface area contributed by atoms with Crippen molar-refractivity contribution in [1.29, 1.82) is 0 Å². The number of hydrogen-bond acceptors (Lipinski definition) is 3. The summed E-state index contributed by atoms with van der Waals surface area (Å²) in [5, 5.41) is 11.8. The molecule has 1 saturated carbocycles. The quantitative estimate of drug-likeness (QED) is 0.794. The first-order chi connectivity index (χ1) is 12.2. The summed E-state index contributed by atoms with van der Waals surface area (Å²) in [5.74, 6) is 1.26. The second kappa shape index (κ2) is 9.02. The topological polar surface area (TPSA) is 43.1 Å². The zero-order valence-electron chi connectivity index (χ0n) is 15.6. The van der Waals surface area contributed by atoms with Crippen LogP contribution in [0.15, 0.2) is 24.3 Å². The number of hydrogen-bond donors (Lipinski definition) is 2. The molecule has 1 saturated heterocycles. The molecule has 0 amide bonds. The minimum Gasteiger partial charge on any atom is -0.494 e. The van der Waals surface area contributed by atoms with Crippen LogP contribution >= 0.6 is 0 Å². The second-order valence-corrected chi connectivity index (χ2v) is 7.58. The molecule has 1 aromatic carbocycles. The first kappa shape index (κ1) is 18.7. The van der Waals surface area contributed by atoms with Crippen molar-refractivity contribution < 1.29 is 19.5 Å². The lowest BCUT2D eigenvalue weighted by Crippen LogP contribution is -3.14. The predicted molar refractivity (Wildman–Crippen MR) is 99.1 cm³/mol. The van der Waals surface area contributed by atoms with Gasteiger partial charge in [-0.25, -0.2) is 0 Å². The molecule has 2 aliphatic rings. The van der Waals surface area contributed by atoms with Crippen molar-refractivity contribution in [3.8, 4) is 5.75 Å². The van der Waals surface area contributed by atoms with E-state index in [1.165, 1.54) is 19.3 Å². The van der Waals surface area contributed by atoms with E-state index in [1.807, 2.05) is 19.1 Å². The van der Waals surface area contributed by atoms with Crippen molar-refractivity contribution >= 4 is 0 Å². The molecule has 4 heteroatoms. The number of aliphatic hydroxyl groups is 1. The highest BCUT2D eigenvalue weighted by atomic mass is 16.5. The fraction of sp³-hybridized carbons (Fsp3) is 0.714. The van der Waals surface area contributed by atoms with E-state index in [-0.39, 0.29) is 0 Å². The summed E-state index contributed by atoms with van der Waals surface area (Å²) in [6, 6.07) is 8.17. The van der Waals surface area contributed by atoms with Crippen LogP contribution in [-0.2, 0) is 10.3 Å². The molecule has 1 heterocycles. The maximum absolute atomic E-state index is 11.8. The van der Waals surface area contributed by atoms with Gasteiger partial charge in [-0.05, 0) is 43.4 Å². The lowest BCUT2D eigenvalue weighted by atomic mass is 9.71. The molecule has 1 atom stereocenters. The van der Waals surface area contributed by atoms with E-state index >= 15 is 0 Å². The number of nitrogens with one attached hydrogen (secondary N) is 1. The van der Waals surface area contributed by atoms with Crippen molar-refractivity contribution in [1.82, 2.24) is 0 Å². The average molecular weight is 349 g/mol. The van der Waals surface area contributed by atoms with Gasteiger partial charge in [0.15, 0.2) is 0 Å². The summed E-state index contributed by atoms with van der Waals surface area (Å²) >= 11 is 0. The van der Waals surface area contributed by atoms with E-state index in [0.29, 0.717) is 12.5 Å². The Kier molecular flexibility index (Phi) is 6.74. The molecule has 2 fully saturated rings. The van der Waals surface area contributed by atoms with Crippen LogP contribution in [0.2, 0.25) is 0 Å². The van der Waals surface area contributed by atoms with Crippen molar-refractivity contribution in [2.45, 2.75) is 51.0 Å². The Morgan fingerprint density at radius 1 is 1.12 bits per heavy atom. The fourth-order valence-corrected chi connectivity index (χ4v) is 4.45. The third-order valence-electron chi connectivity index (χ3n) is 6.01. The number of rotatable bonds is 7. The summed E-state index contributed by atoms with van der Waals surface area (Å²) in [6.07, 6.45) is 6.92. The minimum absolute atomic E-state index is 0.375. The zero-order valence-corrected chi connectivity index (χ0v) is 15.6. The van der Waals surface area contributed by atoms with Crippen molar-refractivity contribution in [3.05, 3.63) is 29.8 Å². The molecule has 1 aromatic rings. The van der Waals surface area contributed by atoms with Gasteiger partial charge in [0.2, 0.25) is 0 Å². The van der Waals surface area contributed by atoms with Crippen molar-refractivity contribution in [2.24, 2.45) is 5.92 Å². The fourth-order valence-electron chi connectivity index (χ4n) is 4.45. The van der Waals surface area contributed by atoms with Gasteiger partial charge in [0.1, 0.15) is 18.8 Å². The van der Waals surface area contributed by atoms with Gasteiger partial charge in [-0.2, -0.15) is 0 Å². The summed E-state index contributed by atoms with van der Waals surface area (Å²) in [6.45, 7) is 7.50. The third kappa shape index (κ3) is 4.75. The van der Waals surface area contributed by atoms with E-state index in [2.05, 4.69) is 12.1 Å². The number of quaternary nitrogens is 1. The van der Waals surface area contributed by atoms with Crippen LogP contribution in [0.1, 0.15) is 51.0 Å². The maximum atomic E-state index is 11.8. The van der Waals surface area contributed by atoms with Crippen LogP contribution in [0.4, 0.5) is 0 Å². The van der Waals surface area contributed by atoms with Gasteiger partial charge in [0, 0.05) is 6.42 Å². The van der Waals surface area contributed by atoms with Crippen LogP contribution in [0.5, 0.6) is 5.75 Å². The van der Waals surface area contributed by atoms with Crippen molar-refractivity contribution in [2.75, 3.05) is 39.5 Å². The Balaban J connectivity index is 1.74. The Bertz CT molecular complexity index is 506. The predicted octanol–water partition coefficient (Wildman–Crippen LogP) is 2.16. The maximum Gasteiger partial charge on any atom is 0.119 e. The van der Waals surface area contributed by atoms with E-state index in [4.69, 9.17) is 9.47 Å². The molecule has 0 aromatic heterocycles. The molecular formula is C21H34NO3+. The molecule has 25 heavy (non-hydrogen) atoms. The molecule has 2 N–H and O–H groups in total. The molecular weight excluding hydrogens is 314 g/mol. The first-order valence-electron chi connectivity index (χ1n) is 10.1. The Morgan fingerprint density at radius 3 is 2.44 bits per heavy atom. The molecule has 1 aliphatic carbocycles. The summed E-state index contributed by atoms with van der Waals surface area (Å²) < 4.78 is 11.0. The largest absolute Gasteiger partial charge is 0.494 e. The molecule has 0 spiro atoms. The van der Waals surface area contributed by atoms with Gasteiger partial charge in [-0.3, -0.25) is 0 Å². The van der Waals surface area contributed by atoms with Crippen LogP contribution in [0, 0.1) is 5.92 Å². The summed E-state index contributed by atoms with van der Waals surface area (Å²) in [4.78, 5) is 1.56. The van der Waals surface area contributed by atoms with Crippen LogP contribution < -0.4 is 9.64 Å². The van der Waals surface area contributed by atoms with E-state index in [9.17, 15) is 5.11 Å². The van der Waals surface area contributed by atoms with Crippen LogP contribution in [-0.4, -0.2) is 44.6 Å². The van der Waals surface area contributed by atoms with Gasteiger partial charge in [-0.15, -0.1) is 0 Å². The molecule has 3 rings (SSSR count). The number of morpholine rings is 1. The minimum atomic E-state index is -0.712. The van der Waals surface area contributed by atoms with Gasteiger partial charge >= 0.3 is 0 Å². The Morgan fingerprint density at radius 2 is 1.80 bits per heavy atom. The molecule has 0 bridgehead atoms. The van der Waals surface area contributed by atoms with E-state index in [0.717, 1.165) is 63.4 Å². The molecule has 0 unspecified atom stereocenters. The molecule has 1 aliphatic heterocycles. The second-order valence-electron chi connectivity index (χ2n) is 7.58. The number of benzene rings is 1. The first-order valence-corrected chi connectivity index (χ1v) is 10.1.